The number of alkyl carbamates (subject to hydrolysis) is 1. The normalized spacial score (nSPS) is 11.6. The Morgan fingerprint density at radius 1 is 1.19 bits per heavy atom. The Balaban J connectivity index is 1.65. The Kier molecular flexibility index (Phi) is 9.22. The molecule has 1 amide bonds. The number of nitrogens with two attached hydrogens (primary N) is 3. The van der Waals surface area contributed by atoms with E-state index in [1.54, 1.807) is 6.33 Å². The van der Waals surface area contributed by atoms with Crippen molar-refractivity contribution in [1.29, 1.82) is 0 Å². The number of aliphatic carboxylic acids is 1. The molecule has 0 aliphatic carbocycles. The molecule has 0 unspecified atom stereocenters. The SMILES string of the molecule is NNc1ncnc2c1ncn2CCCCCOC(=O)N[C@H](CCCN=C(N)N)C(=O)O. The molecule has 31 heavy (non-hydrogen) atoms. The zero-order chi connectivity index (χ0) is 22.6. The number of nitrogens with one attached hydrogen (secondary N) is 2. The van der Waals surface area contributed by atoms with Gasteiger partial charge in [-0.25, -0.2) is 30.4 Å². The predicted molar refractivity (Wildman–Crippen MR) is 113 cm³/mol. The van der Waals surface area contributed by atoms with Crippen molar-refractivity contribution in [3.8, 4) is 0 Å². The number of aliphatic imine (C=N–C) groups is 1. The van der Waals surface area contributed by atoms with E-state index in [2.05, 4.69) is 30.7 Å². The summed E-state index contributed by atoms with van der Waals surface area (Å²) in [7, 11) is 0. The average Bonchev–Trinajstić information content (AvgIpc) is 3.15. The number of hydrazine groups is 1. The Bertz CT molecular complexity index is 896. The molecule has 2 aromatic rings. The van der Waals surface area contributed by atoms with Crippen LogP contribution in [0.4, 0.5) is 10.6 Å². The van der Waals surface area contributed by atoms with E-state index in [4.69, 9.17) is 22.0 Å². The summed E-state index contributed by atoms with van der Waals surface area (Å²) >= 11 is 0. The van der Waals surface area contributed by atoms with Gasteiger partial charge in [0.25, 0.3) is 0 Å². The van der Waals surface area contributed by atoms with Gasteiger partial charge in [0, 0.05) is 13.1 Å². The van der Waals surface area contributed by atoms with Crippen molar-refractivity contribution in [3.63, 3.8) is 0 Å². The number of unbranched alkanes of at least 4 members (excludes halogenated alkanes) is 2. The van der Waals surface area contributed by atoms with E-state index < -0.39 is 18.1 Å². The molecule has 1 atom stereocenters. The monoisotopic (exact) mass is 436 g/mol. The lowest BCUT2D eigenvalue weighted by atomic mass is 10.1. The molecule has 0 aromatic carbocycles. The van der Waals surface area contributed by atoms with Gasteiger partial charge in [0.1, 0.15) is 12.4 Å². The Morgan fingerprint density at radius 2 is 2.00 bits per heavy atom. The number of carboxylic acid groups (broad SMARTS) is 1. The van der Waals surface area contributed by atoms with Crippen LogP contribution < -0.4 is 28.1 Å². The van der Waals surface area contributed by atoms with E-state index in [-0.39, 0.29) is 25.5 Å². The summed E-state index contributed by atoms with van der Waals surface area (Å²) in [4.78, 5) is 39.3. The number of carbonyl (C=O) groups is 2. The number of rotatable bonds is 13. The van der Waals surface area contributed by atoms with E-state index in [0.29, 0.717) is 36.4 Å². The summed E-state index contributed by atoms with van der Waals surface area (Å²) in [5.74, 6) is 4.66. The first-order valence-corrected chi connectivity index (χ1v) is 9.76. The van der Waals surface area contributed by atoms with Gasteiger partial charge in [0.05, 0.1) is 12.9 Å². The highest BCUT2D eigenvalue weighted by atomic mass is 16.5. The van der Waals surface area contributed by atoms with Gasteiger partial charge in [-0.05, 0) is 32.1 Å². The third-order valence-corrected chi connectivity index (χ3v) is 4.35. The molecular formula is C17H28N10O4. The smallest absolute Gasteiger partial charge is 0.407 e. The number of ether oxygens (including phenoxy) is 1. The van der Waals surface area contributed by atoms with Gasteiger partial charge in [-0.15, -0.1) is 0 Å². The lowest BCUT2D eigenvalue weighted by Gasteiger charge is -2.14. The highest BCUT2D eigenvalue weighted by molar-refractivity contribution is 5.82. The lowest BCUT2D eigenvalue weighted by molar-refractivity contribution is -0.139. The fourth-order valence-electron chi connectivity index (χ4n) is 2.82. The minimum atomic E-state index is -1.15. The van der Waals surface area contributed by atoms with Crippen LogP contribution in [0.1, 0.15) is 32.1 Å². The lowest BCUT2D eigenvalue weighted by Crippen LogP contribution is -2.41. The summed E-state index contributed by atoms with van der Waals surface area (Å²) in [5, 5.41) is 11.5. The van der Waals surface area contributed by atoms with Gasteiger partial charge in [-0.3, -0.25) is 4.99 Å². The molecule has 0 saturated heterocycles. The Labute approximate surface area is 178 Å². The number of carbonyl (C=O) groups excluding carboxylic acids is 1. The highest BCUT2D eigenvalue weighted by Crippen LogP contribution is 2.16. The minimum Gasteiger partial charge on any atom is -0.480 e. The summed E-state index contributed by atoms with van der Waals surface area (Å²) in [6, 6.07) is -1.06. The van der Waals surface area contributed by atoms with Crippen molar-refractivity contribution in [2.75, 3.05) is 18.6 Å². The van der Waals surface area contributed by atoms with E-state index in [9.17, 15) is 14.7 Å². The van der Waals surface area contributed by atoms with E-state index in [1.165, 1.54) is 6.33 Å². The van der Waals surface area contributed by atoms with Crippen LogP contribution in [0.15, 0.2) is 17.6 Å². The molecule has 0 aliphatic heterocycles. The molecule has 2 aromatic heterocycles. The second kappa shape index (κ2) is 12.1. The Hall–Kier alpha value is -3.68. The van der Waals surface area contributed by atoms with Gasteiger partial charge >= 0.3 is 12.1 Å². The number of hydrogen-bond acceptors (Lipinski definition) is 9. The van der Waals surface area contributed by atoms with Crippen molar-refractivity contribution in [2.45, 2.75) is 44.7 Å². The molecule has 14 heteroatoms. The van der Waals surface area contributed by atoms with Crippen LogP contribution in [0.5, 0.6) is 0 Å². The van der Waals surface area contributed by atoms with Crippen LogP contribution in [0, 0.1) is 0 Å². The third-order valence-electron chi connectivity index (χ3n) is 4.35. The first kappa shape index (κ1) is 23.6. The number of imidazole rings is 1. The first-order chi connectivity index (χ1) is 14.9. The third kappa shape index (κ3) is 7.58. The largest absolute Gasteiger partial charge is 0.480 e. The van der Waals surface area contributed by atoms with Gasteiger partial charge in [-0.2, -0.15) is 0 Å². The number of guanidine groups is 1. The van der Waals surface area contributed by atoms with Crippen molar-refractivity contribution in [2.24, 2.45) is 22.3 Å². The zero-order valence-electron chi connectivity index (χ0n) is 17.0. The molecule has 14 nitrogen and oxygen atoms in total. The molecule has 0 fully saturated rings. The number of nitrogens with zero attached hydrogens (tertiary/aromatic N) is 5. The number of nitrogen functional groups attached to an aromatic ring is 1. The van der Waals surface area contributed by atoms with E-state index in [1.807, 2.05) is 4.57 Å². The number of hydrogen-bond donors (Lipinski definition) is 6. The van der Waals surface area contributed by atoms with Crippen molar-refractivity contribution in [3.05, 3.63) is 12.7 Å². The van der Waals surface area contributed by atoms with Crippen LogP contribution in [-0.2, 0) is 16.1 Å². The Morgan fingerprint density at radius 3 is 2.71 bits per heavy atom. The van der Waals surface area contributed by atoms with Crippen LogP contribution in [0.2, 0.25) is 0 Å². The summed E-state index contributed by atoms with van der Waals surface area (Å²) in [6.07, 6.45) is 5.14. The molecular weight excluding hydrogens is 408 g/mol. The minimum absolute atomic E-state index is 0.0638. The maximum absolute atomic E-state index is 11.8. The molecule has 0 saturated carbocycles. The van der Waals surface area contributed by atoms with Crippen molar-refractivity contribution < 1.29 is 19.4 Å². The number of fused-ring (bicyclic) bond motifs is 1. The second-order valence-electron chi connectivity index (χ2n) is 6.66. The van der Waals surface area contributed by atoms with E-state index in [0.717, 1.165) is 12.8 Å². The molecule has 2 rings (SSSR count). The van der Waals surface area contributed by atoms with Gasteiger partial charge in [0.2, 0.25) is 0 Å². The van der Waals surface area contributed by atoms with Crippen LogP contribution in [0.25, 0.3) is 11.2 Å². The maximum atomic E-state index is 11.8. The number of carboxylic acids is 1. The van der Waals surface area contributed by atoms with Gasteiger partial charge < -0.3 is 36.6 Å². The van der Waals surface area contributed by atoms with Gasteiger partial charge in [0.15, 0.2) is 22.9 Å². The molecule has 0 bridgehead atoms. The molecule has 170 valence electrons. The highest BCUT2D eigenvalue weighted by Gasteiger charge is 2.20. The average molecular weight is 436 g/mol. The summed E-state index contributed by atoms with van der Waals surface area (Å²) in [5.41, 5.74) is 14.2. The van der Waals surface area contributed by atoms with Crippen LogP contribution in [0.3, 0.4) is 0 Å². The number of aromatic nitrogens is 4. The van der Waals surface area contributed by atoms with E-state index >= 15 is 0 Å². The van der Waals surface area contributed by atoms with Gasteiger partial charge in [-0.1, -0.05) is 0 Å². The zero-order valence-corrected chi connectivity index (χ0v) is 17.0. The number of amides is 1. The number of aryl methyl sites for hydroxylation is 1. The van der Waals surface area contributed by atoms with Crippen LogP contribution in [-0.4, -0.2) is 61.8 Å². The molecule has 0 spiro atoms. The second-order valence-corrected chi connectivity index (χ2v) is 6.66. The molecule has 0 aliphatic rings. The topological polar surface area (TPSA) is 222 Å². The predicted octanol–water partition coefficient (Wildman–Crippen LogP) is -0.485. The quantitative estimate of drug-likeness (QED) is 0.0772. The molecule has 0 radical (unpaired) electrons. The molecule has 9 N–H and O–H groups in total. The maximum Gasteiger partial charge on any atom is 0.407 e. The number of anilines is 1. The first-order valence-electron chi connectivity index (χ1n) is 9.76. The van der Waals surface area contributed by atoms with Crippen LogP contribution >= 0.6 is 0 Å². The van der Waals surface area contributed by atoms with Crippen molar-refractivity contribution in [1.82, 2.24) is 24.8 Å². The fourth-order valence-corrected chi connectivity index (χ4v) is 2.82. The fraction of sp³-hybridized carbons (Fsp3) is 0.529. The summed E-state index contributed by atoms with van der Waals surface area (Å²) in [6.45, 7) is 1.14. The summed E-state index contributed by atoms with van der Waals surface area (Å²) < 4.78 is 6.96. The molecule has 2 heterocycles. The standard InChI is InChI=1S/C17H28N10O4/c18-16(19)21-6-4-5-11(15(28)29)25-17(30)31-8-3-1-2-7-27-10-24-12-13(26-20)22-9-23-14(12)27/h9-11H,1-8,20H2,(H,25,30)(H,28,29)(H4,18,19,21)(H,22,23,26)/t11-/m1/s1. The van der Waals surface area contributed by atoms with Crippen molar-refractivity contribution >= 4 is 35.0 Å².